The molecule has 3 N–H and O–H groups in total. The first-order chi connectivity index (χ1) is 8.97. The van der Waals surface area contributed by atoms with Gasteiger partial charge in [0, 0.05) is 6.42 Å². The molecule has 1 saturated heterocycles. The Labute approximate surface area is 107 Å². The van der Waals surface area contributed by atoms with E-state index in [9.17, 15) is 18.8 Å². The number of hydrogen-bond acceptors (Lipinski definition) is 3. The van der Waals surface area contributed by atoms with Gasteiger partial charge in [0.2, 0.25) is 11.8 Å². The smallest absolute Gasteiger partial charge is 0.337 e. The third-order valence-corrected chi connectivity index (χ3v) is 2.78. The Morgan fingerprint density at radius 3 is 2.74 bits per heavy atom. The summed E-state index contributed by atoms with van der Waals surface area (Å²) in [6.07, 6.45) is 0.613. The van der Waals surface area contributed by atoms with E-state index in [1.807, 2.05) is 0 Å². The fraction of sp³-hybridized carbons (Fsp3) is 0.250. The second-order valence-electron chi connectivity index (χ2n) is 4.14. The third kappa shape index (κ3) is 2.87. The zero-order valence-electron chi connectivity index (χ0n) is 9.77. The highest BCUT2D eigenvalue weighted by molar-refractivity contribution is 6.03. The minimum Gasteiger partial charge on any atom is -0.478 e. The lowest BCUT2D eigenvalue weighted by molar-refractivity contribution is -0.122. The van der Waals surface area contributed by atoms with Gasteiger partial charge in [0.05, 0.1) is 11.3 Å². The van der Waals surface area contributed by atoms with E-state index < -0.39 is 23.7 Å². The fourth-order valence-electron chi connectivity index (χ4n) is 1.83. The molecule has 100 valence electrons. The van der Waals surface area contributed by atoms with Crippen LogP contribution < -0.4 is 10.6 Å². The first-order valence-electron chi connectivity index (χ1n) is 5.60. The van der Waals surface area contributed by atoms with Gasteiger partial charge in [-0.3, -0.25) is 9.59 Å². The number of carbonyl (C=O) groups is 3. The summed E-state index contributed by atoms with van der Waals surface area (Å²) in [6, 6.07) is 2.37. The fourth-order valence-corrected chi connectivity index (χ4v) is 1.83. The largest absolute Gasteiger partial charge is 0.478 e. The Balaban J connectivity index is 2.17. The lowest BCUT2D eigenvalue weighted by atomic mass is 10.1. The molecule has 0 saturated carbocycles. The summed E-state index contributed by atoms with van der Waals surface area (Å²) in [7, 11) is 0. The van der Waals surface area contributed by atoms with E-state index in [4.69, 9.17) is 5.11 Å². The molecule has 0 bridgehead atoms. The zero-order chi connectivity index (χ0) is 14.0. The Morgan fingerprint density at radius 2 is 2.16 bits per heavy atom. The SMILES string of the molecule is O=C1CC[C@@H](C(=O)Nc2ccc(F)cc2C(=O)O)N1. The summed E-state index contributed by atoms with van der Waals surface area (Å²) in [4.78, 5) is 33.7. The molecule has 1 aromatic rings. The van der Waals surface area contributed by atoms with Crippen LogP contribution in [0.15, 0.2) is 18.2 Å². The minimum atomic E-state index is -1.34. The number of benzene rings is 1. The monoisotopic (exact) mass is 266 g/mol. The summed E-state index contributed by atoms with van der Waals surface area (Å²) in [5.74, 6) is -2.78. The van der Waals surface area contributed by atoms with E-state index >= 15 is 0 Å². The zero-order valence-corrected chi connectivity index (χ0v) is 9.77. The number of carbonyl (C=O) groups excluding carboxylic acids is 2. The number of amides is 2. The number of halogens is 1. The number of hydrogen-bond donors (Lipinski definition) is 3. The molecule has 2 rings (SSSR count). The lowest BCUT2D eigenvalue weighted by Gasteiger charge is -2.12. The maximum atomic E-state index is 13.0. The first-order valence-corrected chi connectivity index (χ1v) is 5.60. The van der Waals surface area contributed by atoms with Gasteiger partial charge in [0.15, 0.2) is 0 Å². The third-order valence-electron chi connectivity index (χ3n) is 2.78. The number of nitrogens with one attached hydrogen (secondary N) is 2. The quantitative estimate of drug-likeness (QED) is 0.752. The summed E-state index contributed by atoms with van der Waals surface area (Å²) in [5, 5.41) is 13.8. The van der Waals surface area contributed by atoms with E-state index in [2.05, 4.69) is 10.6 Å². The van der Waals surface area contributed by atoms with Gasteiger partial charge >= 0.3 is 5.97 Å². The van der Waals surface area contributed by atoms with Gasteiger partial charge in [-0.2, -0.15) is 0 Å². The molecule has 7 heteroatoms. The predicted molar refractivity (Wildman–Crippen MR) is 63.2 cm³/mol. The highest BCUT2D eigenvalue weighted by atomic mass is 19.1. The molecule has 2 amide bonds. The van der Waals surface area contributed by atoms with E-state index in [1.165, 1.54) is 6.07 Å². The van der Waals surface area contributed by atoms with Crippen LogP contribution in [0.4, 0.5) is 10.1 Å². The van der Waals surface area contributed by atoms with Gasteiger partial charge in [-0.15, -0.1) is 0 Å². The van der Waals surface area contributed by atoms with Crippen LogP contribution in [0, 0.1) is 5.82 Å². The molecule has 6 nitrogen and oxygen atoms in total. The summed E-state index contributed by atoms with van der Waals surface area (Å²) < 4.78 is 13.0. The van der Waals surface area contributed by atoms with Gasteiger partial charge in [0.25, 0.3) is 0 Å². The number of carboxylic acid groups (broad SMARTS) is 1. The van der Waals surface area contributed by atoms with E-state index in [-0.39, 0.29) is 23.6 Å². The van der Waals surface area contributed by atoms with E-state index in [0.29, 0.717) is 6.42 Å². The van der Waals surface area contributed by atoms with Gasteiger partial charge in [0.1, 0.15) is 11.9 Å². The normalized spacial score (nSPS) is 17.9. The van der Waals surface area contributed by atoms with Crippen molar-refractivity contribution in [2.24, 2.45) is 0 Å². The van der Waals surface area contributed by atoms with Gasteiger partial charge in [-0.05, 0) is 24.6 Å². The number of rotatable bonds is 3. The van der Waals surface area contributed by atoms with Crippen molar-refractivity contribution < 1.29 is 23.9 Å². The first kappa shape index (κ1) is 13.0. The van der Waals surface area contributed by atoms with Crippen LogP contribution in [-0.2, 0) is 9.59 Å². The van der Waals surface area contributed by atoms with Crippen LogP contribution in [0.1, 0.15) is 23.2 Å². The molecule has 0 aromatic heterocycles. The maximum absolute atomic E-state index is 13.0. The van der Waals surface area contributed by atoms with Crippen LogP contribution >= 0.6 is 0 Å². The van der Waals surface area contributed by atoms with Crippen molar-refractivity contribution in [3.05, 3.63) is 29.6 Å². The Kier molecular flexibility index (Phi) is 3.46. The standard InChI is InChI=1S/C12H11FN2O4/c13-6-1-2-8(7(5-6)12(18)19)15-11(17)9-3-4-10(16)14-9/h1-2,5,9H,3-4H2,(H,14,16)(H,15,17)(H,18,19)/t9-/m0/s1. The lowest BCUT2D eigenvalue weighted by Crippen LogP contribution is -2.37. The highest BCUT2D eigenvalue weighted by Gasteiger charge is 2.28. The highest BCUT2D eigenvalue weighted by Crippen LogP contribution is 2.18. The molecule has 1 aliphatic rings. The molecule has 0 unspecified atom stereocenters. The average Bonchev–Trinajstić information content (AvgIpc) is 2.78. The topological polar surface area (TPSA) is 95.5 Å². The number of aromatic carboxylic acids is 1. The molecule has 0 spiro atoms. The van der Waals surface area contributed by atoms with Crippen molar-refractivity contribution in [2.75, 3.05) is 5.32 Å². The Bertz CT molecular complexity index is 559. The number of carboxylic acids is 1. The van der Waals surface area contributed by atoms with Crippen molar-refractivity contribution >= 4 is 23.5 Å². The molecule has 1 aliphatic heterocycles. The molecule has 19 heavy (non-hydrogen) atoms. The van der Waals surface area contributed by atoms with Crippen molar-refractivity contribution in [1.29, 1.82) is 0 Å². The molecule has 0 radical (unpaired) electrons. The Hall–Kier alpha value is -2.44. The van der Waals surface area contributed by atoms with Gasteiger partial charge in [-0.1, -0.05) is 0 Å². The predicted octanol–water partition coefficient (Wildman–Crippen LogP) is 0.741. The second-order valence-corrected chi connectivity index (χ2v) is 4.14. The second kappa shape index (κ2) is 5.05. The molecular weight excluding hydrogens is 255 g/mol. The molecular formula is C12H11FN2O4. The molecule has 1 aromatic carbocycles. The van der Waals surface area contributed by atoms with Crippen LogP contribution in [-0.4, -0.2) is 28.9 Å². The molecule has 1 heterocycles. The summed E-state index contributed by atoms with van der Waals surface area (Å²) >= 11 is 0. The maximum Gasteiger partial charge on any atom is 0.337 e. The van der Waals surface area contributed by atoms with E-state index in [1.54, 1.807) is 0 Å². The van der Waals surface area contributed by atoms with Crippen molar-refractivity contribution in [3.63, 3.8) is 0 Å². The summed E-state index contributed by atoms with van der Waals surface area (Å²) in [6.45, 7) is 0. The van der Waals surface area contributed by atoms with Crippen molar-refractivity contribution in [3.8, 4) is 0 Å². The van der Waals surface area contributed by atoms with Crippen molar-refractivity contribution in [2.45, 2.75) is 18.9 Å². The summed E-state index contributed by atoms with van der Waals surface area (Å²) in [5.41, 5.74) is -0.335. The van der Waals surface area contributed by atoms with Crippen molar-refractivity contribution in [1.82, 2.24) is 5.32 Å². The Morgan fingerprint density at radius 1 is 1.42 bits per heavy atom. The number of anilines is 1. The van der Waals surface area contributed by atoms with Crippen LogP contribution in [0.3, 0.4) is 0 Å². The molecule has 1 fully saturated rings. The molecule has 0 aliphatic carbocycles. The minimum absolute atomic E-state index is 0.0000454. The average molecular weight is 266 g/mol. The van der Waals surface area contributed by atoms with Gasteiger partial charge in [-0.25, -0.2) is 9.18 Å². The van der Waals surface area contributed by atoms with Crippen LogP contribution in [0.5, 0.6) is 0 Å². The van der Waals surface area contributed by atoms with Crippen LogP contribution in [0.25, 0.3) is 0 Å². The van der Waals surface area contributed by atoms with Crippen LogP contribution in [0.2, 0.25) is 0 Å². The molecule has 1 atom stereocenters. The van der Waals surface area contributed by atoms with Gasteiger partial charge < -0.3 is 15.7 Å². The van der Waals surface area contributed by atoms with E-state index in [0.717, 1.165) is 12.1 Å².